The number of ether oxygens (including phenoxy) is 4. The minimum atomic E-state index is -0.638. The van der Waals surface area contributed by atoms with Gasteiger partial charge in [0.1, 0.15) is 11.5 Å². The van der Waals surface area contributed by atoms with E-state index in [0.717, 1.165) is 0 Å². The summed E-state index contributed by atoms with van der Waals surface area (Å²) in [4.78, 5) is 22.7. The lowest BCUT2D eigenvalue weighted by Crippen LogP contribution is -2.04. The fraction of sp³-hybridized carbons (Fsp3) is 0.267. The molecule has 8 nitrogen and oxygen atoms in total. The number of carbonyl (C=O) groups excluding carboxylic acids is 1. The number of nitro benzene ring substituents is 1. The number of hydrogen-bond donors (Lipinski definition) is 0. The van der Waals surface area contributed by atoms with E-state index in [-0.39, 0.29) is 28.1 Å². The minimum Gasteiger partial charge on any atom is -0.496 e. The van der Waals surface area contributed by atoms with E-state index in [9.17, 15) is 14.9 Å². The molecule has 0 heterocycles. The summed E-state index contributed by atoms with van der Waals surface area (Å²) in [6.45, 7) is 0. The van der Waals surface area contributed by atoms with E-state index < -0.39 is 10.9 Å². The molecule has 0 fully saturated rings. The van der Waals surface area contributed by atoms with Crippen LogP contribution >= 0.6 is 0 Å². The van der Waals surface area contributed by atoms with Gasteiger partial charge in [0.25, 0.3) is 0 Å². The van der Waals surface area contributed by atoms with Gasteiger partial charge in [-0.1, -0.05) is 0 Å². The third-order valence-electron chi connectivity index (χ3n) is 3.36. The summed E-state index contributed by atoms with van der Waals surface area (Å²) in [6.07, 6.45) is 0. The molecule has 0 bridgehead atoms. The number of carbonyl (C=O) groups is 1. The molecular weight excluding hydrogens is 306 g/mol. The zero-order valence-electron chi connectivity index (χ0n) is 13.0. The van der Waals surface area contributed by atoms with Crippen LogP contribution in [-0.2, 0) is 4.74 Å². The first-order chi connectivity index (χ1) is 11.0. The summed E-state index contributed by atoms with van der Waals surface area (Å²) >= 11 is 0. The highest BCUT2D eigenvalue weighted by Crippen LogP contribution is 2.45. The molecule has 23 heavy (non-hydrogen) atoms. The lowest BCUT2D eigenvalue weighted by Gasteiger charge is -2.14. The van der Waals surface area contributed by atoms with Gasteiger partial charge < -0.3 is 18.9 Å². The zero-order valence-corrected chi connectivity index (χ0v) is 13.0. The average molecular weight is 321 g/mol. The summed E-state index contributed by atoms with van der Waals surface area (Å²) in [6, 6.07) is 4.19. The summed E-state index contributed by atoms with van der Waals surface area (Å²) < 4.78 is 20.3. The van der Waals surface area contributed by atoms with Crippen molar-refractivity contribution < 1.29 is 28.7 Å². The van der Waals surface area contributed by atoms with E-state index in [1.165, 1.54) is 46.6 Å². The molecule has 0 N–H and O–H groups in total. The van der Waals surface area contributed by atoms with Gasteiger partial charge in [0.05, 0.1) is 49.7 Å². The van der Waals surface area contributed by atoms with E-state index in [2.05, 4.69) is 4.74 Å². The van der Waals surface area contributed by atoms with Crippen molar-refractivity contribution in [2.24, 2.45) is 0 Å². The maximum atomic E-state index is 11.8. The number of rotatable bonds is 5. The monoisotopic (exact) mass is 321 g/mol. The molecule has 2 aromatic carbocycles. The van der Waals surface area contributed by atoms with Crippen molar-refractivity contribution in [3.8, 4) is 17.2 Å². The van der Waals surface area contributed by atoms with Crippen molar-refractivity contribution >= 4 is 22.4 Å². The molecule has 8 heteroatoms. The second-order valence-corrected chi connectivity index (χ2v) is 4.48. The molecule has 0 atom stereocenters. The van der Waals surface area contributed by atoms with Crippen LogP contribution in [-0.4, -0.2) is 39.3 Å². The van der Waals surface area contributed by atoms with Gasteiger partial charge in [0, 0.05) is 6.07 Å². The Morgan fingerprint density at radius 3 is 2.00 bits per heavy atom. The van der Waals surface area contributed by atoms with E-state index in [0.29, 0.717) is 11.1 Å². The van der Waals surface area contributed by atoms with Gasteiger partial charge in [-0.3, -0.25) is 10.1 Å². The Kier molecular flexibility index (Phi) is 4.54. The van der Waals surface area contributed by atoms with E-state index in [4.69, 9.17) is 14.2 Å². The number of nitrogens with zero attached hydrogens (tertiary/aromatic N) is 1. The Labute approximate surface area is 131 Å². The number of nitro groups is 1. The highest BCUT2D eigenvalue weighted by Gasteiger charge is 2.26. The second kappa shape index (κ2) is 6.39. The normalized spacial score (nSPS) is 10.3. The third-order valence-corrected chi connectivity index (χ3v) is 3.36. The smallest absolute Gasteiger partial charge is 0.338 e. The topological polar surface area (TPSA) is 97.1 Å². The summed E-state index contributed by atoms with van der Waals surface area (Å²) in [5, 5.41) is 12.0. The lowest BCUT2D eigenvalue weighted by atomic mass is 10.0. The standard InChI is InChI=1S/C15H15NO7/c1-20-10-6-8(15(17)23-4)5-9-13(10)11(21-2)7-12(22-3)14(9)16(18)19/h5-7H,1-4H3. The predicted molar refractivity (Wildman–Crippen MR) is 81.6 cm³/mol. The van der Waals surface area contributed by atoms with Crippen LogP contribution in [0.2, 0.25) is 0 Å². The van der Waals surface area contributed by atoms with Crippen LogP contribution in [0, 0.1) is 10.1 Å². The molecule has 0 unspecified atom stereocenters. The van der Waals surface area contributed by atoms with Gasteiger partial charge in [0.15, 0.2) is 0 Å². The summed E-state index contributed by atoms with van der Waals surface area (Å²) in [5.74, 6) is -0.0362. The number of esters is 1. The predicted octanol–water partition coefficient (Wildman–Crippen LogP) is 2.56. The lowest BCUT2D eigenvalue weighted by molar-refractivity contribution is -0.384. The minimum absolute atomic E-state index is 0.0171. The molecule has 0 spiro atoms. The van der Waals surface area contributed by atoms with E-state index in [1.54, 1.807) is 0 Å². The molecule has 0 amide bonds. The highest BCUT2D eigenvalue weighted by atomic mass is 16.6. The highest BCUT2D eigenvalue weighted by molar-refractivity contribution is 6.06. The number of hydrogen-bond acceptors (Lipinski definition) is 7. The molecule has 0 aliphatic carbocycles. The zero-order chi connectivity index (χ0) is 17.1. The Balaban J connectivity index is 3.01. The molecule has 2 aromatic rings. The number of methoxy groups -OCH3 is 4. The van der Waals surface area contributed by atoms with Crippen LogP contribution in [0.5, 0.6) is 17.2 Å². The van der Waals surface area contributed by atoms with Gasteiger partial charge in [-0.25, -0.2) is 4.79 Å². The van der Waals surface area contributed by atoms with Gasteiger partial charge in [0.2, 0.25) is 5.75 Å². The van der Waals surface area contributed by atoms with Gasteiger partial charge in [-0.05, 0) is 12.1 Å². The Morgan fingerprint density at radius 1 is 0.957 bits per heavy atom. The maximum absolute atomic E-state index is 11.8. The second-order valence-electron chi connectivity index (χ2n) is 4.48. The third kappa shape index (κ3) is 2.70. The van der Waals surface area contributed by atoms with Crippen molar-refractivity contribution in [3.05, 3.63) is 33.9 Å². The molecule has 0 aliphatic rings. The molecule has 0 aliphatic heterocycles. The molecule has 0 aromatic heterocycles. The first-order valence-electron chi connectivity index (χ1n) is 6.47. The fourth-order valence-electron chi connectivity index (χ4n) is 2.35. The van der Waals surface area contributed by atoms with Crippen LogP contribution in [0.15, 0.2) is 18.2 Å². The molecule has 0 saturated carbocycles. The number of fused-ring (bicyclic) bond motifs is 1. The van der Waals surface area contributed by atoms with Crippen molar-refractivity contribution in [1.82, 2.24) is 0 Å². The number of benzene rings is 2. The van der Waals surface area contributed by atoms with Gasteiger partial charge in [-0.2, -0.15) is 0 Å². The Hall–Kier alpha value is -3.03. The maximum Gasteiger partial charge on any atom is 0.338 e. The van der Waals surface area contributed by atoms with Crippen LogP contribution in [0.25, 0.3) is 10.8 Å². The van der Waals surface area contributed by atoms with Crippen LogP contribution in [0.3, 0.4) is 0 Å². The Morgan fingerprint density at radius 2 is 1.52 bits per heavy atom. The van der Waals surface area contributed by atoms with Crippen LogP contribution in [0.1, 0.15) is 10.4 Å². The molecular formula is C15H15NO7. The first kappa shape index (κ1) is 16.3. The molecule has 2 rings (SSSR count). The Bertz CT molecular complexity index is 785. The summed E-state index contributed by atoms with van der Waals surface area (Å²) in [5.41, 5.74) is -0.164. The van der Waals surface area contributed by atoms with Crippen LogP contribution < -0.4 is 14.2 Å². The van der Waals surface area contributed by atoms with Crippen LogP contribution in [0.4, 0.5) is 5.69 Å². The summed E-state index contributed by atoms with van der Waals surface area (Å²) in [7, 11) is 5.35. The first-order valence-corrected chi connectivity index (χ1v) is 6.47. The molecule has 0 saturated heterocycles. The van der Waals surface area contributed by atoms with E-state index >= 15 is 0 Å². The van der Waals surface area contributed by atoms with Gasteiger partial charge >= 0.3 is 11.7 Å². The van der Waals surface area contributed by atoms with Crippen molar-refractivity contribution in [1.29, 1.82) is 0 Å². The van der Waals surface area contributed by atoms with Crippen molar-refractivity contribution in [2.45, 2.75) is 0 Å². The van der Waals surface area contributed by atoms with Crippen molar-refractivity contribution in [2.75, 3.05) is 28.4 Å². The van der Waals surface area contributed by atoms with Gasteiger partial charge in [-0.15, -0.1) is 0 Å². The van der Waals surface area contributed by atoms with E-state index in [1.807, 2.05) is 0 Å². The SMILES string of the molecule is COC(=O)c1cc(OC)c2c(OC)cc(OC)c([N+](=O)[O-])c2c1. The fourth-order valence-corrected chi connectivity index (χ4v) is 2.35. The average Bonchev–Trinajstić information content (AvgIpc) is 2.57. The molecule has 122 valence electrons. The van der Waals surface area contributed by atoms with Crippen molar-refractivity contribution in [3.63, 3.8) is 0 Å². The molecule has 0 radical (unpaired) electrons. The quantitative estimate of drug-likeness (QED) is 0.474. The largest absolute Gasteiger partial charge is 0.496 e.